The number of nitrogens with zero attached hydrogens (tertiary/aromatic N) is 1. The number of carbonyl (C=O) groups is 1. The van der Waals surface area contributed by atoms with E-state index in [2.05, 4.69) is 39.7 Å². The van der Waals surface area contributed by atoms with E-state index >= 15 is 0 Å². The molecular weight excluding hydrogens is 354 g/mol. The second kappa shape index (κ2) is 9.12. The number of pyridine rings is 1. The normalized spacial score (nSPS) is 11.2. The standard InChI is InChI=1S/C19H18BrNO2/c1-2-3-4-5-13-18(17-12-8-9-14-21-17)23-19(22)15-10-6-7-11-16(15)20/h6-12,14,18H,2-4H2,1H3. The molecule has 1 aromatic heterocycles. The average molecular weight is 372 g/mol. The molecule has 3 nitrogen and oxygen atoms in total. The van der Waals surface area contributed by atoms with E-state index in [-0.39, 0.29) is 0 Å². The highest BCUT2D eigenvalue weighted by atomic mass is 79.9. The molecule has 0 fully saturated rings. The van der Waals surface area contributed by atoms with Crippen LogP contribution in [0.4, 0.5) is 0 Å². The summed E-state index contributed by atoms with van der Waals surface area (Å²) in [5.41, 5.74) is 1.11. The van der Waals surface area contributed by atoms with Crippen LogP contribution in [0, 0.1) is 11.8 Å². The summed E-state index contributed by atoms with van der Waals surface area (Å²) in [4.78, 5) is 16.6. The van der Waals surface area contributed by atoms with Gasteiger partial charge in [-0.15, -0.1) is 0 Å². The van der Waals surface area contributed by atoms with Crippen molar-refractivity contribution in [3.8, 4) is 11.8 Å². The SMILES string of the molecule is CCCCC#CC(OC(=O)c1ccccc1Br)c1ccccn1. The summed E-state index contributed by atoms with van der Waals surface area (Å²) >= 11 is 3.36. The molecular formula is C19H18BrNO2. The second-order valence-corrected chi connectivity index (χ2v) is 5.80. The predicted octanol–water partition coefficient (Wildman–Crippen LogP) is 4.94. The Kier molecular flexibility index (Phi) is 6.83. The molecule has 1 unspecified atom stereocenters. The highest BCUT2D eigenvalue weighted by molar-refractivity contribution is 9.10. The maximum absolute atomic E-state index is 12.4. The molecule has 2 rings (SSSR count). The van der Waals surface area contributed by atoms with Gasteiger partial charge in [0.05, 0.1) is 11.3 Å². The van der Waals surface area contributed by atoms with Crippen molar-refractivity contribution in [3.63, 3.8) is 0 Å². The van der Waals surface area contributed by atoms with E-state index in [9.17, 15) is 4.79 Å². The van der Waals surface area contributed by atoms with Crippen LogP contribution in [0.1, 0.15) is 48.3 Å². The van der Waals surface area contributed by atoms with Crippen LogP contribution in [-0.4, -0.2) is 11.0 Å². The van der Waals surface area contributed by atoms with Gasteiger partial charge in [0.2, 0.25) is 6.10 Å². The van der Waals surface area contributed by atoms with Crippen LogP contribution in [0.5, 0.6) is 0 Å². The molecule has 2 aromatic rings. The summed E-state index contributed by atoms with van der Waals surface area (Å²) in [5.74, 6) is 5.68. The molecule has 0 aliphatic heterocycles. The molecule has 0 N–H and O–H groups in total. The molecule has 1 atom stereocenters. The van der Waals surface area contributed by atoms with Crippen molar-refractivity contribution in [2.45, 2.75) is 32.3 Å². The lowest BCUT2D eigenvalue weighted by Crippen LogP contribution is -2.12. The molecule has 0 aliphatic carbocycles. The summed E-state index contributed by atoms with van der Waals surface area (Å²) in [7, 11) is 0. The minimum Gasteiger partial charge on any atom is -0.439 e. The maximum atomic E-state index is 12.4. The number of benzene rings is 1. The van der Waals surface area contributed by atoms with Crippen LogP contribution in [0.25, 0.3) is 0 Å². The fraction of sp³-hybridized carbons (Fsp3) is 0.263. The van der Waals surface area contributed by atoms with Gasteiger partial charge in [-0.3, -0.25) is 4.98 Å². The molecule has 0 saturated carbocycles. The van der Waals surface area contributed by atoms with Crippen molar-refractivity contribution in [1.82, 2.24) is 4.98 Å². The monoisotopic (exact) mass is 371 g/mol. The Hall–Kier alpha value is -2.12. The van der Waals surface area contributed by atoms with E-state index in [0.717, 1.165) is 19.3 Å². The Labute approximate surface area is 145 Å². The lowest BCUT2D eigenvalue weighted by molar-refractivity contribution is 0.0400. The van der Waals surface area contributed by atoms with Gasteiger partial charge in [0.15, 0.2) is 0 Å². The van der Waals surface area contributed by atoms with Crippen molar-refractivity contribution in [3.05, 3.63) is 64.4 Å². The third-order valence-electron chi connectivity index (χ3n) is 3.16. The molecule has 0 spiro atoms. The van der Waals surface area contributed by atoms with Crippen molar-refractivity contribution >= 4 is 21.9 Å². The number of aromatic nitrogens is 1. The first-order chi connectivity index (χ1) is 11.2. The van der Waals surface area contributed by atoms with E-state index in [4.69, 9.17) is 4.74 Å². The number of rotatable bonds is 5. The van der Waals surface area contributed by atoms with Crippen LogP contribution in [-0.2, 0) is 4.74 Å². The van der Waals surface area contributed by atoms with Gasteiger partial charge in [-0.1, -0.05) is 43.4 Å². The molecule has 0 radical (unpaired) electrons. The van der Waals surface area contributed by atoms with Crippen LogP contribution in [0.3, 0.4) is 0 Å². The summed E-state index contributed by atoms with van der Waals surface area (Å²) in [5, 5.41) is 0. The first kappa shape index (κ1) is 17.2. The van der Waals surface area contributed by atoms with Crippen molar-refractivity contribution in [1.29, 1.82) is 0 Å². The fourth-order valence-electron chi connectivity index (χ4n) is 1.92. The minimum atomic E-state index is -0.660. The number of carbonyl (C=O) groups excluding carboxylic acids is 1. The van der Waals surface area contributed by atoms with E-state index in [1.165, 1.54) is 0 Å². The Morgan fingerprint density at radius 1 is 1.26 bits per heavy atom. The number of unbranched alkanes of at least 4 members (excludes halogenated alkanes) is 2. The smallest absolute Gasteiger partial charge is 0.340 e. The molecule has 1 aromatic carbocycles. The Morgan fingerprint density at radius 2 is 2.04 bits per heavy atom. The van der Waals surface area contributed by atoms with Crippen molar-refractivity contribution in [2.24, 2.45) is 0 Å². The molecule has 118 valence electrons. The number of halogens is 1. The van der Waals surface area contributed by atoms with Gasteiger partial charge in [0.25, 0.3) is 0 Å². The minimum absolute atomic E-state index is 0.419. The quantitative estimate of drug-likeness (QED) is 0.424. The zero-order valence-corrected chi connectivity index (χ0v) is 14.5. The van der Waals surface area contributed by atoms with Gasteiger partial charge >= 0.3 is 5.97 Å². The Balaban J connectivity index is 2.18. The van der Waals surface area contributed by atoms with Gasteiger partial charge in [-0.2, -0.15) is 0 Å². The Bertz CT molecular complexity index is 704. The van der Waals surface area contributed by atoms with E-state index in [0.29, 0.717) is 15.7 Å². The molecule has 0 saturated heterocycles. The highest BCUT2D eigenvalue weighted by Gasteiger charge is 2.18. The first-order valence-corrected chi connectivity index (χ1v) is 8.36. The van der Waals surface area contributed by atoms with Gasteiger partial charge in [-0.05, 0) is 46.6 Å². The molecule has 23 heavy (non-hydrogen) atoms. The molecule has 1 heterocycles. The lowest BCUT2D eigenvalue weighted by Gasteiger charge is -2.12. The summed E-state index contributed by atoms with van der Waals surface area (Å²) in [6, 6.07) is 12.7. The van der Waals surface area contributed by atoms with Gasteiger partial charge in [-0.25, -0.2) is 4.79 Å². The Morgan fingerprint density at radius 3 is 2.74 bits per heavy atom. The van der Waals surface area contributed by atoms with Crippen LogP contribution < -0.4 is 0 Å². The molecule has 4 heteroatoms. The van der Waals surface area contributed by atoms with Gasteiger partial charge in [0.1, 0.15) is 0 Å². The highest BCUT2D eigenvalue weighted by Crippen LogP contribution is 2.21. The fourth-order valence-corrected chi connectivity index (χ4v) is 2.37. The van der Waals surface area contributed by atoms with Gasteiger partial charge < -0.3 is 4.74 Å². The van der Waals surface area contributed by atoms with E-state index in [1.807, 2.05) is 24.3 Å². The summed E-state index contributed by atoms with van der Waals surface area (Å²) in [6.45, 7) is 2.12. The number of hydrogen-bond acceptors (Lipinski definition) is 3. The lowest BCUT2D eigenvalue weighted by atomic mass is 10.2. The molecule has 0 bridgehead atoms. The van der Waals surface area contributed by atoms with Gasteiger partial charge in [0, 0.05) is 17.1 Å². The number of ether oxygens (including phenoxy) is 1. The summed E-state index contributed by atoms with van der Waals surface area (Å²) < 4.78 is 6.28. The number of esters is 1. The average Bonchev–Trinajstić information content (AvgIpc) is 2.58. The third-order valence-corrected chi connectivity index (χ3v) is 3.86. The zero-order chi connectivity index (χ0) is 16.5. The topological polar surface area (TPSA) is 39.2 Å². The third kappa shape index (κ3) is 5.22. The van der Waals surface area contributed by atoms with Crippen molar-refractivity contribution in [2.75, 3.05) is 0 Å². The van der Waals surface area contributed by atoms with Crippen molar-refractivity contribution < 1.29 is 9.53 Å². The number of hydrogen-bond donors (Lipinski definition) is 0. The molecule has 0 aliphatic rings. The zero-order valence-electron chi connectivity index (χ0n) is 13.0. The second-order valence-electron chi connectivity index (χ2n) is 4.94. The molecule has 0 amide bonds. The van der Waals surface area contributed by atoms with Crippen LogP contribution in [0.15, 0.2) is 53.1 Å². The van der Waals surface area contributed by atoms with Crippen LogP contribution >= 0.6 is 15.9 Å². The predicted molar refractivity (Wildman–Crippen MR) is 93.8 cm³/mol. The summed E-state index contributed by atoms with van der Waals surface area (Å²) in [6.07, 6.45) is 3.90. The maximum Gasteiger partial charge on any atom is 0.340 e. The van der Waals surface area contributed by atoms with E-state index in [1.54, 1.807) is 24.4 Å². The van der Waals surface area contributed by atoms with Crippen LogP contribution in [0.2, 0.25) is 0 Å². The first-order valence-electron chi connectivity index (χ1n) is 7.57. The van der Waals surface area contributed by atoms with E-state index < -0.39 is 12.1 Å². The largest absolute Gasteiger partial charge is 0.439 e.